The first-order chi connectivity index (χ1) is 10.1. The third-order valence-electron chi connectivity index (χ3n) is 2.87. The maximum absolute atomic E-state index is 12.0. The van der Waals surface area contributed by atoms with Crippen LogP contribution in [0.4, 0.5) is 0 Å². The zero-order valence-electron chi connectivity index (χ0n) is 11.2. The van der Waals surface area contributed by atoms with E-state index in [1.54, 1.807) is 34.8 Å². The summed E-state index contributed by atoms with van der Waals surface area (Å²) < 4.78 is 28.3. The van der Waals surface area contributed by atoms with E-state index in [1.165, 1.54) is 11.3 Å². The summed E-state index contributed by atoms with van der Waals surface area (Å²) in [5, 5.41) is 13.0. The molecule has 0 atom stereocenters. The summed E-state index contributed by atoms with van der Waals surface area (Å²) >= 11 is 1.41. The van der Waals surface area contributed by atoms with E-state index in [-0.39, 0.29) is 4.90 Å². The van der Waals surface area contributed by atoms with Gasteiger partial charge in [-0.05, 0) is 19.1 Å². The second kappa shape index (κ2) is 5.51. The third kappa shape index (κ3) is 2.94. The molecule has 2 aromatic heterocycles. The number of hydrogen-bond donors (Lipinski definition) is 1. The van der Waals surface area contributed by atoms with Gasteiger partial charge in [0.2, 0.25) is 15.0 Å². The molecule has 0 bridgehead atoms. The van der Waals surface area contributed by atoms with Crippen molar-refractivity contribution < 1.29 is 8.42 Å². The minimum absolute atomic E-state index is 0.263. The van der Waals surface area contributed by atoms with E-state index in [0.29, 0.717) is 17.9 Å². The Labute approximate surface area is 125 Å². The lowest BCUT2D eigenvalue weighted by Crippen LogP contribution is -2.25. The summed E-state index contributed by atoms with van der Waals surface area (Å²) in [5.74, 6) is 0.720. The lowest BCUT2D eigenvalue weighted by Gasteiger charge is -2.05. The summed E-state index contributed by atoms with van der Waals surface area (Å²) in [6, 6.07) is 8.30. The molecule has 0 radical (unpaired) electrons. The Bertz CT molecular complexity index is 854. The molecule has 0 saturated heterocycles. The monoisotopic (exact) mass is 323 g/mol. The summed E-state index contributed by atoms with van der Waals surface area (Å²) in [5.41, 5.74) is 0. The number of sulfonamides is 1. The van der Waals surface area contributed by atoms with Crippen LogP contribution in [0.25, 0.3) is 4.96 Å². The molecule has 0 spiro atoms. The molecule has 2 heterocycles. The summed E-state index contributed by atoms with van der Waals surface area (Å²) in [6.07, 6.45) is 0.513. The highest BCUT2D eigenvalue weighted by Crippen LogP contribution is 2.14. The number of fused-ring (bicyclic) bond motifs is 1. The molecule has 1 N–H and O–H groups in total. The minimum Gasteiger partial charge on any atom is -0.211 e. The van der Waals surface area contributed by atoms with Crippen LogP contribution in [0, 0.1) is 6.92 Å². The van der Waals surface area contributed by atoms with E-state index >= 15 is 0 Å². The van der Waals surface area contributed by atoms with Crippen LogP contribution in [0.15, 0.2) is 35.2 Å². The highest BCUT2D eigenvalue weighted by atomic mass is 32.2. The Hall–Kier alpha value is -1.84. The van der Waals surface area contributed by atoms with Crippen LogP contribution in [0.3, 0.4) is 0 Å². The lowest BCUT2D eigenvalue weighted by molar-refractivity contribution is 0.581. The first-order valence-electron chi connectivity index (χ1n) is 6.29. The molecule has 1 aromatic carbocycles. The number of nitrogens with one attached hydrogen (secondary N) is 1. The molecule has 0 saturated carbocycles. The van der Waals surface area contributed by atoms with Crippen molar-refractivity contribution in [2.24, 2.45) is 0 Å². The molecule has 0 aliphatic heterocycles. The standard InChI is InChI=1S/C12H13N5O2S2/c1-9-14-15-12-17(9)16-11(20-12)7-8-13-21(18,19)10-5-3-2-4-6-10/h2-6,13H,7-8H2,1H3. The normalized spacial score (nSPS) is 12.0. The number of hydrogen-bond acceptors (Lipinski definition) is 6. The van der Waals surface area contributed by atoms with Gasteiger partial charge >= 0.3 is 0 Å². The van der Waals surface area contributed by atoms with Crippen LogP contribution in [0.2, 0.25) is 0 Å². The highest BCUT2D eigenvalue weighted by molar-refractivity contribution is 7.89. The van der Waals surface area contributed by atoms with Gasteiger partial charge in [-0.1, -0.05) is 29.5 Å². The van der Waals surface area contributed by atoms with Crippen molar-refractivity contribution in [2.75, 3.05) is 6.54 Å². The maximum Gasteiger partial charge on any atom is 0.240 e. The van der Waals surface area contributed by atoms with Crippen molar-refractivity contribution in [2.45, 2.75) is 18.2 Å². The van der Waals surface area contributed by atoms with E-state index in [9.17, 15) is 8.42 Å². The van der Waals surface area contributed by atoms with E-state index in [2.05, 4.69) is 20.0 Å². The molecule has 110 valence electrons. The largest absolute Gasteiger partial charge is 0.240 e. The maximum atomic E-state index is 12.0. The summed E-state index contributed by atoms with van der Waals surface area (Å²) in [7, 11) is -3.46. The Morgan fingerprint density at radius 2 is 2.00 bits per heavy atom. The Morgan fingerprint density at radius 3 is 2.71 bits per heavy atom. The number of rotatable bonds is 5. The predicted octanol–water partition coefficient (Wildman–Crippen LogP) is 1.02. The third-order valence-corrected chi connectivity index (χ3v) is 5.31. The Morgan fingerprint density at radius 1 is 1.24 bits per heavy atom. The van der Waals surface area contributed by atoms with Crippen molar-refractivity contribution in [3.8, 4) is 0 Å². The van der Waals surface area contributed by atoms with Crippen LogP contribution in [-0.2, 0) is 16.4 Å². The lowest BCUT2D eigenvalue weighted by atomic mass is 10.4. The SMILES string of the molecule is Cc1nnc2sc(CCNS(=O)(=O)c3ccccc3)nn12. The van der Waals surface area contributed by atoms with Crippen LogP contribution < -0.4 is 4.72 Å². The van der Waals surface area contributed by atoms with Gasteiger partial charge in [0.25, 0.3) is 0 Å². The molecule has 21 heavy (non-hydrogen) atoms. The Balaban J connectivity index is 1.65. The van der Waals surface area contributed by atoms with Crippen LogP contribution in [0.5, 0.6) is 0 Å². The summed E-state index contributed by atoms with van der Waals surface area (Å²) in [6.45, 7) is 2.11. The van der Waals surface area contributed by atoms with Crippen LogP contribution in [-0.4, -0.2) is 34.8 Å². The minimum atomic E-state index is -3.46. The number of aromatic nitrogens is 4. The second-order valence-corrected chi connectivity index (χ2v) is 7.21. The molecule has 9 heteroatoms. The van der Waals surface area contributed by atoms with E-state index in [1.807, 2.05) is 6.92 Å². The molecular formula is C12H13N5O2S2. The van der Waals surface area contributed by atoms with Crippen molar-refractivity contribution in [1.82, 2.24) is 24.5 Å². The van der Waals surface area contributed by atoms with Crippen LogP contribution in [0.1, 0.15) is 10.8 Å². The van der Waals surface area contributed by atoms with Crippen molar-refractivity contribution in [3.63, 3.8) is 0 Å². The van der Waals surface area contributed by atoms with Gasteiger partial charge in [0, 0.05) is 13.0 Å². The first-order valence-corrected chi connectivity index (χ1v) is 8.59. The van der Waals surface area contributed by atoms with Gasteiger partial charge < -0.3 is 0 Å². The van der Waals surface area contributed by atoms with Gasteiger partial charge in [0.15, 0.2) is 5.82 Å². The first kappa shape index (κ1) is 14.1. The molecule has 0 amide bonds. The quantitative estimate of drug-likeness (QED) is 0.757. The molecular weight excluding hydrogens is 310 g/mol. The molecule has 0 fully saturated rings. The zero-order chi connectivity index (χ0) is 14.9. The molecule has 3 rings (SSSR count). The Kier molecular flexibility index (Phi) is 3.70. The number of nitrogens with zero attached hydrogens (tertiary/aromatic N) is 4. The average molecular weight is 323 g/mol. The fourth-order valence-corrected chi connectivity index (χ4v) is 3.76. The molecule has 3 aromatic rings. The van der Waals surface area contributed by atoms with Crippen molar-refractivity contribution >= 4 is 26.3 Å². The zero-order valence-corrected chi connectivity index (χ0v) is 12.9. The fraction of sp³-hybridized carbons (Fsp3) is 0.250. The number of aryl methyl sites for hydroxylation is 1. The van der Waals surface area contributed by atoms with Crippen molar-refractivity contribution in [3.05, 3.63) is 41.2 Å². The van der Waals surface area contributed by atoms with Gasteiger partial charge in [-0.25, -0.2) is 13.1 Å². The second-order valence-electron chi connectivity index (χ2n) is 4.40. The smallest absolute Gasteiger partial charge is 0.211 e. The van der Waals surface area contributed by atoms with E-state index in [4.69, 9.17) is 0 Å². The van der Waals surface area contributed by atoms with Crippen LogP contribution >= 0.6 is 11.3 Å². The topological polar surface area (TPSA) is 89.2 Å². The van der Waals surface area contributed by atoms with Gasteiger partial charge in [-0.2, -0.15) is 9.61 Å². The average Bonchev–Trinajstić information content (AvgIpc) is 3.02. The van der Waals surface area contributed by atoms with Gasteiger partial charge in [-0.15, -0.1) is 10.2 Å². The molecule has 0 aliphatic carbocycles. The molecule has 7 nitrogen and oxygen atoms in total. The number of benzene rings is 1. The molecule has 0 aliphatic rings. The van der Waals surface area contributed by atoms with E-state index < -0.39 is 10.0 Å². The fourth-order valence-electron chi connectivity index (χ4n) is 1.83. The van der Waals surface area contributed by atoms with Crippen molar-refractivity contribution in [1.29, 1.82) is 0 Å². The highest BCUT2D eigenvalue weighted by Gasteiger charge is 2.14. The molecule has 0 unspecified atom stereocenters. The predicted molar refractivity (Wildman–Crippen MR) is 78.7 cm³/mol. The van der Waals surface area contributed by atoms with Gasteiger partial charge in [0.1, 0.15) is 5.01 Å². The van der Waals surface area contributed by atoms with E-state index in [0.717, 1.165) is 10.8 Å². The summed E-state index contributed by atoms with van der Waals surface area (Å²) in [4.78, 5) is 0.979. The van der Waals surface area contributed by atoms with Gasteiger partial charge in [-0.3, -0.25) is 0 Å². The van der Waals surface area contributed by atoms with Gasteiger partial charge in [0.05, 0.1) is 4.90 Å².